The lowest BCUT2D eigenvalue weighted by Crippen LogP contribution is -2.01. The maximum atomic E-state index is 11.7. The van der Waals surface area contributed by atoms with E-state index in [1.165, 1.54) is 11.5 Å². The van der Waals surface area contributed by atoms with E-state index in [9.17, 15) is 8.42 Å². The van der Waals surface area contributed by atoms with Crippen molar-refractivity contribution in [1.82, 2.24) is 0 Å². The first kappa shape index (κ1) is 10.8. The summed E-state index contributed by atoms with van der Waals surface area (Å²) < 4.78 is 23.4. The van der Waals surface area contributed by atoms with Crippen LogP contribution in [0.1, 0.15) is 6.92 Å². The van der Waals surface area contributed by atoms with Crippen LogP contribution in [-0.4, -0.2) is 15.5 Å². The molecule has 0 heterocycles. The van der Waals surface area contributed by atoms with Crippen LogP contribution in [-0.2, 0) is 9.84 Å². The van der Waals surface area contributed by atoms with Gasteiger partial charge in [-0.1, -0.05) is 18.2 Å². The van der Waals surface area contributed by atoms with Crippen LogP contribution in [0.5, 0.6) is 0 Å². The number of hydrogen-bond donors (Lipinski definition) is 1. The van der Waals surface area contributed by atoms with Gasteiger partial charge in [0.05, 0.1) is 10.6 Å². The number of rotatable bonds is 3. The zero-order chi connectivity index (χ0) is 10.6. The summed E-state index contributed by atoms with van der Waals surface area (Å²) in [5, 5.41) is 4.04. The minimum atomic E-state index is -3.30. The van der Waals surface area contributed by atoms with Crippen molar-refractivity contribution in [3.8, 4) is 0 Å². The SMILES string of the molecule is C/C=C/S(=O)(=O)c1ccccc1NC. The van der Waals surface area contributed by atoms with Crippen molar-refractivity contribution in [3.63, 3.8) is 0 Å². The van der Waals surface area contributed by atoms with Crippen LogP contribution in [0, 0.1) is 0 Å². The highest BCUT2D eigenvalue weighted by atomic mass is 32.2. The van der Waals surface area contributed by atoms with Crippen molar-refractivity contribution in [2.75, 3.05) is 12.4 Å². The molecule has 0 amide bonds. The number of nitrogens with one attached hydrogen (secondary N) is 1. The average molecular weight is 211 g/mol. The van der Waals surface area contributed by atoms with Crippen molar-refractivity contribution in [2.24, 2.45) is 0 Å². The average Bonchev–Trinajstić information content (AvgIpc) is 2.18. The summed E-state index contributed by atoms with van der Waals surface area (Å²) >= 11 is 0. The fourth-order valence-corrected chi connectivity index (χ4v) is 2.42. The van der Waals surface area contributed by atoms with E-state index in [1.54, 1.807) is 38.2 Å². The summed E-state index contributed by atoms with van der Waals surface area (Å²) in [6, 6.07) is 6.81. The molecule has 1 aromatic carbocycles. The van der Waals surface area contributed by atoms with Crippen LogP contribution in [0.3, 0.4) is 0 Å². The number of para-hydroxylation sites is 1. The second-order valence-corrected chi connectivity index (χ2v) is 4.56. The number of sulfone groups is 1. The molecule has 14 heavy (non-hydrogen) atoms. The minimum Gasteiger partial charge on any atom is -0.387 e. The van der Waals surface area contributed by atoms with Gasteiger partial charge in [-0.25, -0.2) is 8.42 Å². The monoisotopic (exact) mass is 211 g/mol. The van der Waals surface area contributed by atoms with Gasteiger partial charge in [0.15, 0.2) is 0 Å². The molecule has 0 saturated heterocycles. The van der Waals surface area contributed by atoms with Crippen LogP contribution in [0.15, 0.2) is 40.6 Å². The van der Waals surface area contributed by atoms with Gasteiger partial charge in [-0.05, 0) is 19.1 Å². The maximum absolute atomic E-state index is 11.7. The summed E-state index contributed by atoms with van der Waals surface area (Å²) in [5.41, 5.74) is 0.616. The molecule has 0 saturated carbocycles. The van der Waals surface area contributed by atoms with Crippen molar-refractivity contribution >= 4 is 15.5 Å². The summed E-state index contributed by atoms with van der Waals surface area (Å²) in [5.74, 6) is 0. The first-order valence-electron chi connectivity index (χ1n) is 4.26. The minimum absolute atomic E-state index is 0.306. The molecule has 0 unspecified atom stereocenters. The van der Waals surface area contributed by atoms with E-state index in [0.29, 0.717) is 10.6 Å². The standard InChI is InChI=1S/C10H13NO2S/c1-3-8-14(12,13)10-7-5-4-6-9(10)11-2/h3-8,11H,1-2H3/b8-3+. The van der Waals surface area contributed by atoms with E-state index in [1.807, 2.05) is 0 Å². The molecule has 1 aromatic rings. The Morgan fingerprint density at radius 2 is 1.93 bits per heavy atom. The van der Waals surface area contributed by atoms with Crippen LogP contribution >= 0.6 is 0 Å². The second kappa shape index (κ2) is 4.28. The van der Waals surface area contributed by atoms with Crippen molar-refractivity contribution in [2.45, 2.75) is 11.8 Å². The summed E-state index contributed by atoms with van der Waals surface area (Å²) in [4.78, 5) is 0.306. The molecule has 0 bridgehead atoms. The van der Waals surface area contributed by atoms with E-state index in [4.69, 9.17) is 0 Å². The molecular formula is C10H13NO2S. The van der Waals surface area contributed by atoms with Gasteiger partial charge in [0, 0.05) is 12.5 Å². The van der Waals surface area contributed by atoms with E-state index < -0.39 is 9.84 Å². The van der Waals surface area contributed by atoms with Crippen molar-refractivity contribution in [1.29, 1.82) is 0 Å². The Kier molecular flexibility index (Phi) is 3.30. The Labute approximate surface area is 84.4 Å². The largest absolute Gasteiger partial charge is 0.387 e. The Morgan fingerprint density at radius 1 is 1.29 bits per heavy atom. The number of anilines is 1. The second-order valence-electron chi connectivity index (χ2n) is 2.76. The lowest BCUT2D eigenvalue weighted by molar-refractivity contribution is 0.605. The quantitative estimate of drug-likeness (QED) is 0.832. The van der Waals surface area contributed by atoms with Gasteiger partial charge in [0.1, 0.15) is 0 Å². The molecule has 0 aliphatic heterocycles. The molecule has 3 nitrogen and oxygen atoms in total. The molecule has 1 rings (SSSR count). The van der Waals surface area contributed by atoms with Crippen molar-refractivity contribution < 1.29 is 8.42 Å². The first-order chi connectivity index (χ1) is 6.61. The topological polar surface area (TPSA) is 46.2 Å². The van der Waals surface area contributed by atoms with E-state index in [-0.39, 0.29) is 0 Å². The zero-order valence-corrected chi connectivity index (χ0v) is 9.01. The Balaban J connectivity index is 3.32. The fraction of sp³-hybridized carbons (Fsp3) is 0.200. The molecule has 0 radical (unpaired) electrons. The van der Waals surface area contributed by atoms with Gasteiger partial charge < -0.3 is 5.32 Å². The lowest BCUT2D eigenvalue weighted by Gasteiger charge is -2.06. The highest BCUT2D eigenvalue weighted by Gasteiger charge is 2.13. The number of benzene rings is 1. The molecule has 4 heteroatoms. The summed E-state index contributed by atoms with van der Waals surface area (Å²) in [6.45, 7) is 1.68. The third kappa shape index (κ3) is 2.14. The molecule has 0 spiro atoms. The third-order valence-corrected chi connectivity index (χ3v) is 3.38. The lowest BCUT2D eigenvalue weighted by atomic mass is 10.3. The Bertz CT molecular complexity index is 435. The molecule has 0 aliphatic carbocycles. The Morgan fingerprint density at radius 3 is 2.50 bits per heavy atom. The van der Waals surface area contributed by atoms with Gasteiger partial charge in [-0.3, -0.25) is 0 Å². The zero-order valence-electron chi connectivity index (χ0n) is 8.19. The molecule has 76 valence electrons. The Hall–Kier alpha value is -1.29. The van der Waals surface area contributed by atoms with Crippen LogP contribution < -0.4 is 5.32 Å². The molecule has 0 fully saturated rings. The number of hydrogen-bond acceptors (Lipinski definition) is 3. The maximum Gasteiger partial charge on any atom is 0.201 e. The van der Waals surface area contributed by atoms with Gasteiger partial charge in [0.2, 0.25) is 9.84 Å². The van der Waals surface area contributed by atoms with E-state index >= 15 is 0 Å². The molecule has 0 aliphatic rings. The molecule has 0 atom stereocenters. The predicted molar refractivity (Wildman–Crippen MR) is 58.0 cm³/mol. The normalized spacial score (nSPS) is 11.9. The fourth-order valence-electron chi connectivity index (χ4n) is 1.17. The van der Waals surface area contributed by atoms with E-state index in [2.05, 4.69) is 5.32 Å². The number of allylic oxidation sites excluding steroid dienone is 1. The molecule has 1 N–H and O–H groups in total. The highest BCUT2D eigenvalue weighted by Crippen LogP contribution is 2.21. The molecular weight excluding hydrogens is 198 g/mol. The van der Waals surface area contributed by atoms with Crippen LogP contribution in [0.25, 0.3) is 0 Å². The smallest absolute Gasteiger partial charge is 0.201 e. The van der Waals surface area contributed by atoms with Crippen molar-refractivity contribution in [3.05, 3.63) is 35.7 Å². The third-order valence-electron chi connectivity index (χ3n) is 1.78. The van der Waals surface area contributed by atoms with E-state index in [0.717, 1.165) is 0 Å². The van der Waals surface area contributed by atoms with Crippen LogP contribution in [0.4, 0.5) is 5.69 Å². The van der Waals surface area contributed by atoms with Gasteiger partial charge in [0.25, 0.3) is 0 Å². The first-order valence-corrected chi connectivity index (χ1v) is 5.81. The molecule has 0 aromatic heterocycles. The van der Waals surface area contributed by atoms with Gasteiger partial charge in [-0.15, -0.1) is 0 Å². The van der Waals surface area contributed by atoms with Gasteiger partial charge >= 0.3 is 0 Å². The summed E-state index contributed by atoms with van der Waals surface area (Å²) in [6.07, 6.45) is 1.52. The predicted octanol–water partition coefficient (Wildman–Crippen LogP) is 2.04. The van der Waals surface area contributed by atoms with Crippen LogP contribution in [0.2, 0.25) is 0 Å². The highest BCUT2D eigenvalue weighted by molar-refractivity contribution is 7.94. The van der Waals surface area contributed by atoms with Gasteiger partial charge in [-0.2, -0.15) is 0 Å². The summed E-state index contributed by atoms with van der Waals surface area (Å²) in [7, 11) is -1.60.